The van der Waals surface area contributed by atoms with Crippen molar-refractivity contribution in [3.05, 3.63) is 0 Å². The third-order valence-corrected chi connectivity index (χ3v) is 4.78. The minimum Gasteiger partial charge on any atom is -0.380 e. The molecular formula is C11H24N4O3S. The fraction of sp³-hybridized carbons (Fsp3) is 0.909. The summed E-state index contributed by atoms with van der Waals surface area (Å²) in [6.45, 7) is 5.60. The zero-order chi connectivity index (χ0) is 14.1. The fourth-order valence-electron chi connectivity index (χ4n) is 1.85. The van der Waals surface area contributed by atoms with E-state index in [1.54, 1.807) is 7.05 Å². The van der Waals surface area contributed by atoms with Crippen LogP contribution in [-0.2, 0) is 14.8 Å². The summed E-state index contributed by atoms with van der Waals surface area (Å²) in [7, 11) is -1.32. The molecule has 112 valence electrons. The van der Waals surface area contributed by atoms with Gasteiger partial charge in [-0.3, -0.25) is 4.99 Å². The minimum absolute atomic E-state index is 0.272. The maximum atomic E-state index is 11.6. The van der Waals surface area contributed by atoms with E-state index in [0.29, 0.717) is 45.4 Å². The maximum absolute atomic E-state index is 11.6. The lowest BCUT2D eigenvalue weighted by molar-refractivity contribution is 0.152. The first kappa shape index (κ1) is 16.2. The minimum atomic E-state index is -3.00. The van der Waals surface area contributed by atoms with Gasteiger partial charge in [-0.1, -0.05) is 0 Å². The molecule has 0 aromatic heterocycles. The molecule has 0 aromatic carbocycles. The summed E-state index contributed by atoms with van der Waals surface area (Å²) in [6, 6.07) is 0. The van der Waals surface area contributed by atoms with Gasteiger partial charge in [-0.25, -0.2) is 12.7 Å². The first-order valence-corrected chi connectivity index (χ1v) is 8.21. The molecular weight excluding hydrogens is 268 g/mol. The Kier molecular flexibility index (Phi) is 7.11. The first-order valence-electron chi connectivity index (χ1n) is 6.60. The van der Waals surface area contributed by atoms with Crippen molar-refractivity contribution in [3.8, 4) is 0 Å². The van der Waals surface area contributed by atoms with Crippen LogP contribution in [0.2, 0.25) is 0 Å². The number of rotatable bonds is 7. The number of aliphatic imine (C=N–C) groups is 1. The predicted octanol–water partition coefficient (Wildman–Crippen LogP) is -0.777. The molecule has 1 fully saturated rings. The quantitative estimate of drug-likeness (QED) is 0.365. The lowest BCUT2D eigenvalue weighted by Crippen LogP contribution is -2.42. The van der Waals surface area contributed by atoms with Crippen LogP contribution in [-0.4, -0.2) is 70.9 Å². The maximum Gasteiger partial charge on any atom is 0.214 e. The van der Waals surface area contributed by atoms with Gasteiger partial charge in [0.05, 0.1) is 12.4 Å². The van der Waals surface area contributed by atoms with E-state index in [4.69, 9.17) is 4.74 Å². The lowest BCUT2D eigenvalue weighted by atomic mass is 10.5. The van der Waals surface area contributed by atoms with E-state index in [1.165, 1.54) is 4.31 Å². The molecule has 0 radical (unpaired) electrons. The van der Waals surface area contributed by atoms with E-state index in [-0.39, 0.29) is 5.75 Å². The molecule has 2 N–H and O–H groups in total. The van der Waals surface area contributed by atoms with E-state index in [2.05, 4.69) is 15.6 Å². The average Bonchev–Trinajstić information content (AvgIpc) is 2.71. The van der Waals surface area contributed by atoms with Crippen LogP contribution in [0.3, 0.4) is 0 Å². The third kappa shape index (κ3) is 5.75. The molecule has 19 heavy (non-hydrogen) atoms. The van der Waals surface area contributed by atoms with Gasteiger partial charge in [-0.2, -0.15) is 0 Å². The second-order valence-corrected chi connectivity index (χ2v) is 6.28. The largest absolute Gasteiger partial charge is 0.380 e. The van der Waals surface area contributed by atoms with E-state index in [0.717, 1.165) is 6.42 Å². The van der Waals surface area contributed by atoms with Gasteiger partial charge in [-0.15, -0.1) is 0 Å². The third-order valence-electron chi connectivity index (χ3n) is 2.82. The summed E-state index contributed by atoms with van der Waals surface area (Å²) >= 11 is 0. The van der Waals surface area contributed by atoms with Gasteiger partial charge >= 0.3 is 0 Å². The molecule has 0 saturated carbocycles. The van der Waals surface area contributed by atoms with Crippen LogP contribution in [0.4, 0.5) is 0 Å². The molecule has 0 aliphatic carbocycles. The number of hydrogen-bond acceptors (Lipinski definition) is 4. The zero-order valence-corrected chi connectivity index (χ0v) is 12.5. The molecule has 1 aliphatic heterocycles. The van der Waals surface area contributed by atoms with E-state index >= 15 is 0 Å². The summed E-state index contributed by atoms with van der Waals surface area (Å²) in [5.74, 6) is 0.935. The highest BCUT2D eigenvalue weighted by molar-refractivity contribution is 7.89. The molecule has 0 unspecified atom stereocenters. The zero-order valence-electron chi connectivity index (χ0n) is 11.7. The Balaban J connectivity index is 2.19. The number of nitrogens with zero attached hydrogens (tertiary/aromatic N) is 2. The van der Waals surface area contributed by atoms with Crippen LogP contribution in [0, 0.1) is 0 Å². The highest BCUT2D eigenvalue weighted by Crippen LogP contribution is 2.11. The molecule has 0 amide bonds. The fourth-order valence-corrected chi connectivity index (χ4v) is 3.38. The van der Waals surface area contributed by atoms with Crippen LogP contribution in [0.1, 0.15) is 13.3 Å². The first-order chi connectivity index (χ1) is 9.10. The van der Waals surface area contributed by atoms with Gasteiger partial charge in [0, 0.05) is 39.8 Å². The average molecular weight is 292 g/mol. The Morgan fingerprint density at radius 3 is 2.68 bits per heavy atom. The predicted molar refractivity (Wildman–Crippen MR) is 75.8 cm³/mol. The van der Waals surface area contributed by atoms with Crippen molar-refractivity contribution in [3.63, 3.8) is 0 Å². The summed E-state index contributed by atoms with van der Waals surface area (Å²) in [5, 5.41) is 6.18. The Labute approximate surface area is 115 Å². The van der Waals surface area contributed by atoms with Crippen molar-refractivity contribution in [1.82, 2.24) is 14.9 Å². The van der Waals surface area contributed by atoms with Crippen molar-refractivity contribution in [2.75, 3.05) is 52.2 Å². The normalized spacial score (nSPS) is 19.6. The second kappa shape index (κ2) is 8.34. The highest BCUT2D eigenvalue weighted by atomic mass is 32.2. The van der Waals surface area contributed by atoms with Crippen molar-refractivity contribution >= 4 is 16.0 Å². The summed E-state index contributed by atoms with van der Waals surface area (Å²) in [4.78, 5) is 4.06. The van der Waals surface area contributed by atoms with Crippen molar-refractivity contribution in [2.45, 2.75) is 13.3 Å². The Morgan fingerprint density at radius 2 is 2.11 bits per heavy atom. The van der Waals surface area contributed by atoms with E-state index < -0.39 is 10.0 Å². The standard InChI is InChI=1S/C11H24N4O3S/c1-3-18-9-6-14-11(12-2)13-5-8-15-7-4-10-19(15,16)17/h3-10H2,1-2H3,(H2,12,13,14). The molecule has 1 rings (SSSR count). The highest BCUT2D eigenvalue weighted by Gasteiger charge is 2.27. The molecule has 1 heterocycles. The monoisotopic (exact) mass is 292 g/mol. The molecule has 0 atom stereocenters. The Hall–Kier alpha value is -0.860. The van der Waals surface area contributed by atoms with Crippen LogP contribution < -0.4 is 10.6 Å². The van der Waals surface area contributed by atoms with Crippen LogP contribution in [0.15, 0.2) is 4.99 Å². The molecule has 0 bridgehead atoms. The summed E-state index contributed by atoms with van der Waals surface area (Å²) < 4.78 is 29.9. The Morgan fingerprint density at radius 1 is 1.37 bits per heavy atom. The SMILES string of the molecule is CCOCCNC(=NC)NCCN1CCCS1(=O)=O. The van der Waals surface area contributed by atoms with E-state index in [9.17, 15) is 8.42 Å². The number of sulfonamides is 1. The van der Waals surface area contributed by atoms with Gasteiger partial charge in [0.2, 0.25) is 10.0 Å². The lowest BCUT2D eigenvalue weighted by Gasteiger charge is -2.16. The van der Waals surface area contributed by atoms with Gasteiger partial charge in [0.25, 0.3) is 0 Å². The van der Waals surface area contributed by atoms with Crippen LogP contribution in [0.5, 0.6) is 0 Å². The van der Waals surface area contributed by atoms with Gasteiger partial charge in [-0.05, 0) is 13.3 Å². The smallest absolute Gasteiger partial charge is 0.214 e. The summed E-state index contributed by atoms with van der Waals surface area (Å²) in [5.41, 5.74) is 0. The van der Waals surface area contributed by atoms with Gasteiger partial charge in [0.15, 0.2) is 5.96 Å². The van der Waals surface area contributed by atoms with Crippen molar-refractivity contribution < 1.29 is 13.2 Å². The topological polar surface area (TPSA) is 83.0 Å². The molecule has 0 aromatic rings. The molecule has 1 saturated heterocycles. The van der Waals surface area contributed by atoms with Crippen LogP contribution in [0.25, 0.3) is 0 Å². The molecule has 1 aliphatic rings. The van der Waals surface area contributed by atoms with Crippen molar-refractivity contribution in [2.24, 2.45) is 4.99 Å². The molecule has 7 nitrogen and oxygen atoms in total. The van der Waals surface area contributed by atoms with E-state index in [1.807, 2.05) is 6.92 Å². The number of hydrogen-bond donors (Lipinski definition) is 2. The second-order valence-electron chi connectivity index (χ2n) is 4.19. The van der Waals surface area contributed by atoms with Gasteiger partial charge < -0.3 is 15.4 Å². The molecule has 8 heteroatoms. The summed E-state index contributed by atoms with van der Waals surface area (Å²) in [6.07, 6.45) is 0.726. The Bertz CT molecular complexity index is 383. The number of guanidine groups is 1. The number of ether oxygens (including phenoxy) is 1. The van der Waals surface area contributed by atoms with Gasteiger partial charge in [0.1, 0.15) is 0 Å². The van der Waals surface area contributed by atoms with Crippen LogP contribution >= 0.6 is 0 Å². The number of nitrogens with one attached hydrogen (secondary N) is 2. The van der Waals surface area contributed by atoms with Crippen molar-refractivity contribution in [1.29, 1.82) is 0 Å². The molecule has 0 spiro atoms.